The number of hydrogen-bond donors (Lipinski definition) is 1. The highest BCUT2D eigenvalue weighted by molar-refractivity contribution is 7.07. The number of Topliss-reactive ketones (excluding diaryl/α,β-unsaturated/α-hetero) is 1. The average molecular weight is 339 g/mol. The fraction of sp³-hybridized carbons (Fsp3) is 0.158. The second-order valence-electron chi connectivity index (χ2n) is 5.71. The molecule has 0 spiro atoms. The molecule has 0 aliphatic rings. The first kappa shape index (κ1) is 16.2. The van der Waals surface area contributed by atoms with Crippen LogP contribution in [0.25, 0.3) is 12.2 Å². The van der Waals surface area contributed by atoms with E-state index in [1.54, 1.807) is 12.1 Å². The number of carbonyl (C=O) groups is 1. The van der Waals surface area contributed by atoms with E-state index in [1.165, 1.54) is 34.8 Å². The molecule has 0 unspecified atom stereocenters. The van der Waals surface area contributed by atoms with Crippen LogP contribution < -0.4 is 14.8 Å². The molecule has 24 heavy (non-hydrogen) atoms. The number of aromatic nitrogens is 1. The van der Waals surface area contributed by atoms with Gasteiger partial charge in [-0.05, 0) is 61.2 Å². The fourth-order valence-electron chi connectivity index (χ4n) is 2.41. The van der Waals surface area contributed by atoms with E-state index in [2.05, 4.69) is 24.0 Å². The Bertz CT molecular complexity index is 1070. The van der Waals surface area contributed by atoms with Crippen molar-refractivity contribution in [1.82, 2.24) is 4.98 Å². The minimum Gasteiger partial charge on any atom is -0.461 e. The molecule has 5 heteroatoms. The Kier molecular flexibility index (Phi) is 4.36. The number of H-pyrrole nitrogens is 1. The standard InChI is InChI=1S/C19H17NO3S/c1-11-7-13(3)14(8-12(11)2)9-17-19(22)20-18(24-17)10-15(21)16-5-4-6-23-16/h4-10H,1-3H3,(H,20,22)/b17-9-,18-10-. The second kappa shape index (κ2) is 6.45. The maximum atomic E-state index is 12.1. The van der Waals surface area contributed by atoms with Gasteiger partial charge >= 0.3 is 0 Å². The highest BCUT2D eigenvalue weighted by Crippen LogP contribution is 2.15. The molecular formula is C19H17NO3S. The Morgan fingerprint density at radius 2 is 1.92 bits per heavy atom. The lowest BCUT2D eigenvalue weighted by Gasteiger charge is -2.05. The lowest BCUT2D eigenvalue weighted by Crippen LogP contribution is -2.20. The summed E-state index contributed by atoms with van der Waals surface area (Å²) in [5.74, 6) is -0.0220. The molecule has 122 valence electrons. The van der Waals surface area contributed by atoms with Gasteiger partial charge in [-0.1, -0.05) is 12.1 Å². The number of aromatic amines is 1. The zero-order valence-corrected chi connectivity index (χ0v) is 14.5. The van der Waals surface area contributed by atoms with Crippen molar-refractivity contribution < 1.29 is 9.21 Å². The number of furan rings is 1. The first-order chi connectivity index (χ1) is 11.4. The molecule has 1 aromatic carbocycles. The van der Waals surface area contributed by atoms with Gasteiger partial charge in [0.15, 0.2) is 5.76 Å². The number of benzene rings is 1. The maximum Gasteiger partial charge on any atom is 0.266 e. The van der Waals surface area contributed by atoms with E-state index in [4.69, 9.17) is 4.42 Å². The number of carbonyl (C=O) groups excluding carboxylic acids is 1. The minimum atomic E-state index is -0.272. The minimum absolute atomic E-state index is 0.198. The Balaban J connectivity index is 2.05. The average Bonchev–Trinajstić information content (AvgIpc) is 3.15. The quantitative estimate of drug-likeness (QED) is 0.746. The van der Waals surface area contributed by atoms with E-state index < -0.39 is 0 Å². The predicted octanol–water partition coefficient (Wildman–Crippen LogP) is 2.45. The van der Waals surface area contributed by atoms with Gasteiger partial charge in [-0.25, -0.2) is 0 Å². The van der Waals surface area contributed by atoms with Gasteiger partial charge in [0.05, 0.1) is 15.5 Å². The molecule has 0 saturated carbocycles. The van der Waals surface area contributed by atoms with Gasteiger partial charge in [0.1, 0.15) is 0 Å². The first-order valence-corrected chi connectivity index (χ1v) is 8.34. The largest absolute Gasteiger partial charge is 0.461 e. The lowest BCUT2D eigenvalue weighted by atomic mass is 10.0. The normalized spacial score (nSPS) is 12.8. The van der Waals surface area contributed by atoms with E-state index in [-0.39, 0.29) is 17.1 Å². The summed E-state index contributed by atoms with van der Waals surface area (Å²) in [6.45, 7) is 6.14. The maximum absolute atomic E-state index is 12.1. The molecule has 3 rings (SSSR count). The number of thiazole rings is 1. The Labute approximate surface area is 142 Å². The second-order valence-corrected chi connectivity index (χ2v) is 6.79. The van der Waals surface area contributed by atoms with Gasteiger partial charge in [0, 0.05) is 6.08 Å². The van der Waals surface area contributed by atoms with Crippen molar-refractivity contribution in [3.05, 3.63) is 78.1 Å². The highest BCUT2D eigenvalue weighted by Gasteiger charge is 2.06. The molecule has 4 nitrogen and oxygen atoms in total. The summed E-state index contributed by atoms with van der Waals surface area (Å²) in [6.07, 6.45) is 4.69. The number of nitrogens with one attached hydrogen (secondary N) is 1. The van der Waals surface area contributed by atoms with Crippen LogP contribution in [0.4, 0.5) is 0 Å². The number of ketones is 1. The van der Waals surface area contributed by atoms with Crippen LogP contribution in [0.1, 0.15) is 32.8 Å². The molecule has 0 aliphatic carbocycles. The third kappa shape index (κ3) is 3.31. The lowest BCUT2D eigenvalue weighted by molar-refractivity contribution is 0.103. The summed E-state index contributed by atoms with van der Waals surface area (Å²) in [4.78, 5) is 26.9. The third-order valence-corrected chi connectivity index (χ3v) is 4.84. The van der Waals surface area contributed by atoms with Crippen LogP contribution in [-0.2, 0) is 0 Å². The molecule has 2 aromatic heterocycles. The molecule has 0 radical (unpaired) electrons. The molecule has 2 heterocycles. The van der Waals surface area contributed by atoms with Gasteiger partial charge < -0.3 is 9.40 Å². The molecule has 0 bridgehead atoms. The molecule has 0 fully saturated rings. The van der Waals surface area contributed by atoms with Crippen molar-refractivity contribution in [2.24, 2.45) is 0 Å². The Hall–Kier alpha value is -2.66. The topological polar surface area (TPSA) is 63.1 Å². The van der Waals surface area contributed by atoms with E-state index in [1.807, 2.05) is 19.9 Å². The molecule has 0 atom stereocenters. The van der Waals surface area contributed by atoms with Crippen LogP contribution in [0.15, 0.2) is 39.7 Å². The number of hydrogen-bond acceptors (Lipinski definition) is 4. The fourth-order valence-corrected chi connectivity index (χ4v) is 3.29. The van der Waals surface area contributed by atoms with Crippen molar-refractivity contribution in [3.63, 3.8) is 0 Å². The van der Waals surface area contributed by atoms with Crippen molar-refractivity contribution >= 4 is 29.3 Å². The van der Waals surface area contributed by atoms with Crippen LogP contribution in [0.5, 0.6) is 0 Å². The van der Waals surface area contributed by atoms with Crippen molar-refractivity contribution in [3.8, 4) is 0 Å². The molecule has 0 aliphatic heterocycles. The van der Waals surface area contributed by atoms with Crippen LogP contribution in [0, 0.1) is 20.8 Å². The summed E-state index contributed by atoms with van der Waals surface area (Å²) < 4.78 is 6.14. The summed E-state index contributed by atoms with van der Waals surface area (Å²) in [5.41, 5.74) is 4.33. The smallest absolute Gasteiger partial charge is 0.266 e. The number of rotatable bonds is 3. The molecule has 1 N–H and O–H groups in total. The molecule has 0 saturated heterocycles. The summed E-state index contributed by atoms with van der Waals surface area (Å²) >= 11 is 1.26. The molecule has 3 aromatic rings. The molecular weight excluding hydrogens is 322 g/mol. The zero-order chi connectivity index (χ0) is 17.3. The van der Waals surface area contributed by atoms with Gasteiger partial charge in [0.25, 0.3) is 5.56 Å². The van der Waals surface area contributed by atoms with E-state index in [0.717, 1.165) is 11.1 Å². The van der Waals surface area contributed by atoms with Crippen molar-refractivity contribution in [1.29, 1.82) is 0 Å². The highest BCUT2D eigenvalue weighted by atomic mass is 32.1. The Morgan fingerprint density at radius 1 is 1.17 bits per heavy atom. The Morgan fingerprint density at radius 3 is 2.62 bits per heavy atom. The van der Waals surface area contributed by atoms with Gasteiger partial charge in [-0.2, -0.15) is 0 Å². The summed E-state index contributed by atoms with van der Waals surface area (Å²) in [7, 11) is 0. The molecule has 0 amide bonds. The van der Waals surface area contributed by atoms with Crippen LogP contribution in [0.2, 0.25) is 0 Å². The van der Waals surface area contributed by atoms with Crippen LogP contribution in [-0.4, -0.2) is 10.8 Å². The number of aryl methyl sites for hydroxylation is 3. The van der Waals surface area contributed by atoms with Crippen molar-refractivity contribution in [2.45, 2.75) is 20.8 Å². The van der Waals surface area contributed by atoms with Gasteiger partial charge in [-0.3, -0.25) is 9.59 Å². The van der Waals surface area contributed by atoms with Crippen LogP contribution in [0.3, 0.4) is 0 Å². The third-order valence-electron chi connectivity index (χ3n) is 3.88. The monoisotopic (exact) mass is 339 g/mol. The predicted molar refractivity (Wildman–Crippen MR) is 95.9 cm³/mol. The van der Waals surface area contributed by atoms with Gasteiger partial charge in [-0.15, -0.1) is 11.3 Å². The van der Waals surface area contributed by atoms with Crippen LogP contribution >= 0.6 is 11.3 Å². The van der Waals surface area contributed by atoms with Gasteiger partial charge in [0.2, 0.25) is 5.78 Å². The SMILES string of the molecule is Cc1cc(C)c(/C=c2\s/c(=C\C(=O)c3ccco3)[nH]c2=O)cc1C. The first-order valence-electron chi connectivity index (χ1n) is 7.52. The zero-order valence-electron chi connectivity index (χ0n) is 13.7. The van der Waals surface area contributed by atoms with E-state index >= 15 is 0 Å². The van der Waals surface area contributed by atoms with Crippen molar-refractivity contribution in [2.75, 3.05) is 0 Å². The summed E-state index contributed by atoms with van der Waals surface area (Å²) in [5, 5.41) is 0. The summed E-state index contributed by atoms with van der Waals surface area (Å²) in [6, 6.07) is 7.42. The van der Waals surface area contributed by atoms with E-state index in [9.17, 15) is 9.59 Å². The van der Waals surface area contributed by atoms with E-state index in [0.29, 0.717) is 9.20 Å².